The molecule has 0 heterocycles. The molecule has 0 unspecified atom stereocenters. The molecule has 0 atom stereocenters. The SMILES string of the molecule is CC=CC(=O)N(CCN(C)C)C1CCCC1. The molecule has 1 rings (SSSR count). The average molecular weight is 224 g/mol. The summed E-state index contributed by atoms with van der Waals surface area (Å²) in [4.78, 5) is 16.1. The molecule has 0 aliphatic heterocycles. The Morgan fingerprint density at radius 1 is 1.25 bits per heavy atom. The summed E-state index contributed by atoms with van der Waals surface area (Å²) in [7, 11) is 4.10. The van der Waals surface area contributed by atoms with Crippen molar-refractivity contribution < 1.29 is 4.79 Å². The minimum absolute atomic E-state index is 0.177. The Morgan fingerprint density at radius 2 is 1.88 bits per heavy atom. The van der Waals surface area contributed by atoms with E-state index in [0.717, 1.165) is 13.1 Å². The Kier molecular flexibility index (Phi) is 5.53. The van der Waals surface area contributed by atoms with Crippen LogP contribution in [-0.2, 0) is 4.79 Å². The highest BCUT2D eigenvalue weighted by molar-refractivity contribution is 5.87. The van der Waals surface area contributed by atoms with Crippen LogP contribution in [0.1, 0.15) is 32.6 Å². The lowest BCUT2D eigenvalue weighted by molar-refractivity contribution is -0.128. The van der Waals surface area contributed by atoms with Crippen molar-refractivity contribution in [3.05, 3.63) is 12.2 Å². The number of hydrogen-bond acceptors (Lipinski definition) is 2. The molecule has 92 valence electrons. The van der Waals surface area contributed by atoms with Gasteiger partial charge in [0.1, 0.15) is 0 Å². The van der Waals surface area contributed by atoms with Crippen LogP contribution in [0, 0.1) is 0 Å². The zero-order valence-electron chi connectivity index (χ0n) is 10.8. The fourth-order valence-corrected chi connectivity index (χ4v) is 2.23. The summed E-state index contributed by atoms with van der Waals surface area (Å²) in [5.41, 5.74) is 0. The van der Waals surface area contributed by atoms with Gasteiger partial charge in [0.25, 0.3) is 0 Å². The first-order valence-corrected chi connectivity index (χ1v) is 6.23. The van der Waals surface area contributed by atoms with Gasteiger partial charge in [-0.1, -0.05) is 18.9 Å². The molecule has 0 aromatic rings. The minimum atomic E-state index is 0.177. The summed E-state index contributed by atoms with van der Waals surface area (Å²) in [6, 6.07) is 0.476. The lowest BCUT2D eigenvalue weighted by Gasteiger charge is -2.29. The van der Waals surface area contributed by atoms with Gasteiger partial charge in [0.05, 0.1) is 0 Å². The summed E-state index contributed by atoms with van der Waals surface area (Å²) >= 11 is 0. The van der Waals surface area contributed by atoms with Crippen molar-refractivity contribution in [2.24, 2.45) is 0 Å². The molecule has 0 saturated heterocycles. The molecule has 3 heteroatoms. The van der Waals surface area contributed by atoms with E-state index in [0.29, 0.717) is 6.04 Å². The fourth-order valence-electron chi connectivity index (χ4n) is 2.23. The Morgan fingerprint density at radius 3 is 2.38 bits per heavy atom. The Labute approximate surface area is 99.1 Å². The van der Waals surface area contributed by atoms with Crippen molar-refractivity contribution in [2.75, 3.05) is 27.2 Å². The smallest absolute Gasteiger partial charge is 0.246 e. The third-order valence-corrected chi connectivity index (χ3v) is 3.15. The van der Waals surface area contributed by atoms with Crippen LogP contribution >= 0.6 is 0 Å². The van der Waals surface area contributed by atoms with Crippen LogP contribution in [0.15, 0.2) is 12.2 Å². The van der Waals surface area contributed by atoms with Crippen LogP contribution in [0.2, 0.25) is 0 Å². The number of carbonyl (C=O) groups is 1. The maximum atomic E-state index is 12.0. The highest BCUT2D eigenvalue weighted by atomic mass is 16.2. The summed E-state index contributed by atoms with van der Waals surface area (Å²) in [5.74, 6) is 0.177. The zero-order valence-corrected chi connectivity index (χ0v) is 10.8. The minimum Gasteiger partial charge on any atom is -0.335 e. The molecule has 3 nitrogen and oxygen atoms in total. The molecule has 1 saturated carbocycles. The van der Waals surface area contributed by atoms with Crippen LogP contribution in [0.3, 0.4) is 0 Å². The van der Waals surface area contributed by atoms with Crippen molar-refractivity contribution in [1.29, 1.82) is 0 Å². The normalized spacial score (nSPS) is 17.5. The number of rotatable bonds is 5. The van der Waals surface area contributed by atoms with E-state index in [9.17, 15) is 4.79 Å². The second-order valence-corrected chi connectivity index (χ2v) is 4.77. The van der Waals surface area contributed by atoms with Gasteiger partial charge in [-0.25, -0.2) is 0 Å². The lowest BCUT2D eigenvalue weighted by Crippen LogP contribution is -2.41. The van der Waals surface area contributed by atoms with Gasteiger partial charge in [0.2, 0.25) is 5.91 Å². The predicted molar refractivity (Wildman–Crippen MR) is 67.3 cm³/mol. The second-order valence-electron chi connectivity index (χ2n) is 4.77. The molecule has 0 bridgehead atoms. The maximum absolute atomic E-state index is 12.0. The van der Waals surface area contributed by atoms with E-state index in [1.807, 2.05) is 32.0 Å². The van der Waals surface area contributed by atoms with E-state index < -0.39 is 0 Å². The van der Waals surface area contributed by atoms with E-state index in [1.54, 1.807) is 6.08 Å². The van der Waals surface area contributed by atoms with Crippen molar-refractivity contribution in [3.63, 3.8) is 0 Å². The van der Waals surface area contributed by atoms with Crippen LogP contribution in [0.5, 0.6) is 0 Å². The first-order chi connectivity index (χ1) is 7.65. The Bertz CT molecular complexity index is 242. The molecule has 1 amide bonds. The zero-order chi connectivity index (χ0) is 12.0. The third kappa shape index (κ3) is 3.97. The number of carbonyl (C=O) groups excluding carboxylic acids is 1. The molecule has 1 fully saturated rings. The third-order valence-electron chi connectivity index (χ3n) is 3.15. The van der Waals surface area contributed by atoms with Gasteiger partial charge < -0.3 is 9.80 Å². The summed E-state index contributed by atoms with van der Waals surface area (Å²) in [5, 5.41) is 0. The van der Waals surface area contributed by atoms with Crippen molar-refractivity contribution in [2.45, 2.75) is 38.6 Å². The summed E-state index contributed by atoms with van der Waals surface area (Å²) in [6.07, 6.45) is 8.42. The summed E-state index contributed by atoms with van der Waals surface area (Å²) in [6.45, 7) is 3.69. The van der Waals surface area contributed by atoms with Crippen LogP contribution in [0.25, 0.3) is 0 Å². The standard InChI is InChI=1S/C13H24N2O/c1-4-7-13(16)15(11-10-14(2)3)12-8-5-6-9-12/h4,7,12H,5-6,8-11H2,1-3H3. The molecule has 0 aromatic heterocycles. The van der Waals surface area contributed by atoms with E-state index in [-0.39, 0.29) is 5.91 Å². The number of amides is 1. The van der Waals surface area contributed by atoms with Gasteiger partial charge >= 0.3 is 0 Å². The van der Waals surface area contributed by atoms with Crippen molar-refractivity contribution >= 4 is 5.91 Å². The molecule has 16 heavy (non-hydrogen) atoms. The molecular formula is C13H24N2O. The van der Waals surface area contributed by atoms with Crippen molar-refractivity contribution in [3.8, 4) is 0 Å². The maximum Gasteiger partial charge on any atom is 0.246 e. The van der Waals surface area contributed by atoms with Crippen molar-refractivity contribution in [1.82, 2.24) is 9.80 Å². The van der Waals surface area contributed by atoms with Gasteiger partial charge in [-0.15, -0.1) is 0 Å². The number of nitrogens with zero attached hydrogens (tertiary/aromatic N) is 2. The van der Waals surface area contributed by atoms with E-state index >= 15 is 0 Å². The van der Waals surface area contributed by atoms with Gasteiger partial charge in [0, 0.05) is 19.1 Å². The lowest BCUT2D eigenvalue weighted by atomic mass is 10.2. The predicted octanol–water partition coefficient (Wildman–Crippen LogP) is 1.90. The molecule has 0 radical (unpaired) electrons. The molecule has 1 aliphatic carbocycles. The number of hydrogen-bond donors (Lipinski definition) is 0. The average Bonchev–Trinajstić information content (AvgIpc) is 2.71. The number of allylic oxidation sites excluding steroid dienone is 1. The molecule has 0 aromatic carbocycles. The van der Waals surface area contributed by atoms with Gasteiger partial charge in [-0.05, 0) is 39.9 Å². The number of likely N-dealkylation sites (N-methyl/N-ethyl adjacent to an activating group) is 1. The fraction of sp³-hybridized carbons (Fsp3) is 0.769. The molecule has 1 aliphatic rings. The van der Waals surface area contributed by atoms with Gasteiger partial charge in [0.15, 0.2) is 0 Å². The Hall–Kier alpha value is -0.830. The van der Waals surface area contributed by atoms with Crippen LogP contribution in [0.4, 0.5) is 0 Å². The molecule has 0 N–H and O–H groups in total. The summed E-state index contributed by atoms with van der Waals surface area (Å²) < 4.78 is 0. The first-order valence-electron chi connectivity index (χ1n) is 6.23. The van der Waals surface area contributed by atoms with Crippen LogP contribution in [-0.4, -0.2) is 48.9 Å². The highest BCUT2D eigenvalue weighted by Crippen LogP contribution is 2.23. The topological polar surface area (TPSA) is 23.6 Å². The molecular weight excluding hydrogens is 200 g/mol. The first kappa shape index (κ1) is 13.2. The van der Waals surface area contributed by atoms with Gasteiger partial charge in [-0.2, -0.15) is 0 Å². The monoisotopic (exact) mass is 224 g/mol. The van der Waals surface area contributed by atoms with Gasteiger partial charge in [-0.3, -0.25) is 4.79 Å². The molecule has 0 spiro atoms. The largest absolute Gasteiger partial charge is 0.335 e. The van der Waals surface area contributed by atoms with E-state index in [1.165, 1.54) is 25.7 Å². The van der Waals surface area contributed by atoms with E-state index in [4.69, 9.17) is 0 Å². The second kappa shape index (κ2) is 6.69. The van der Waals surface area contributed by atoms with E-state index in [2.05, 4.69) is 4.90 Å². The van der Waals surface area contributed by atoms with Crippen LogP contribution < -0.4 is 0 Å². The Balaban J connectivity index is 2.56. The quantitative estimate of drug-likeness (QED) is 0.666. The highest BCUT2D eigenvalue weighted by Gasteiger charge is 2.24.